The van der Waals surface area contributed by atoms with Crippen LogP contribution in [0, 0.1) is 10.1 Å². The Morgan fingerprint density at radius 1 is 0.926 bits per heavy atom. The van der Waals surface area contributed by atoms with Crippen molar-refractivity contribution in [1.82, 2.24) is 5.43 Å². The van der Waals surface area contributed by atoms with Crippen LogP contribution in [0.5, 0.6) is 0 Å². The van der Waals surface area contributed by atoms with Crippen molar-refractivity contribution in [2.75, 3.05) is 0 Å². The molecule has 6 heteroatoms. The molecule has 0 spiro atoms. The fraction of sp³-hybridized carbons (Fsp3) is 0.0476. The normalized spacial score (nSPS) is 11.9. The van der Waals surface area contributed by atoms with E-state index in [-0.39, 0.29) is 11.3 Å². The van der Waals surface area contributed by atoms with Crippen molar-refractivity contribution in [3.05, 3.63) is 111 Å². The lowest BCUT2D eigenvalue weighted by atomic mass is 9.85. The SMILES string of the molecule is O=C(NN=C1c2ccccc2Cc2ccccc21)c1cccc([N+](=O)[O-])c1. The monoisotopic (exact) mass is 357 g/mol. The van der Waals surface area contributed by atoms with E-state index >= 15 is 0 Å². The Labute approximate surface area is 155 Å². The smallest absolute Gasteiger partial charge is 0.267 e. The first-order valence-corrected chi connectivity index (χ1v) is 8.42. The van der Waals surface area contributed by atoms with E-state index in [0.29, 0.717) is 5.71 Å². The summed E-state index contributed by atoms with van der Waals surface area (Å²) in [5.41, 5.74) is 7.49. The molecule has 0 aromatic heterocycles. The van der Waals surface area contributed by atoms with Gasteiger partial charge in [0.05, 0.1) is 10.6 Å². The van der Waals surface area contributed by atoms with Gasteiger partial charge in [0.2, 0.25) is 0 Å². The highest BCUT2D eigenvalue weighted by Crippen LogP contribution is 2.27. The number of amides is 1. The number of nitrogens with one attached hydrogen (secondary N) is 1. The Bertz CT molecular complexity index is 1040. The number of hydrazone groups is 1. The quantitative estimate of drug-likeness (QED) is 0.448. The van der Waals surface area contributed by atoms with Crippen molar-refractivity contribution in [3.8, 4) is 0 Å². The molecular weight excluding hydrogens is 342 g/mol. The molecule has 0 saturated carbocycles. The third-order valence-electron chi connectivity index (χ3n) is 4.51. The lowest BCUT2D eigenvalue weighted by Gasteiger charge is -2.21. The third-order valence-corrected chi connectivity index (χ3v) is 4.51. The number of hydrogen-bond acceptors (Lipinski definition) is 4. The summed E-state index contributed by atoms with van der Waals surface area (Å²) >= 11 is 0. The van der Waals surface area contributed by atoms with Gasteiger partial charge in [0, 0.05) is 28.8 Å². The van der Waals surface area contributed by atoms with Crippen molar-refractivity contribution >= 4 is 17.3 Å². The Kier molecular flexibility index (Phi) is 4.22. The van der Waals surface area contributed by atoms with Crippen LogP contribution >= 0.6 is 0 Å². The standard InChI is InChI=1S/C21H15N3O3/c25-21(16-8-5-9-17(13-16)24(26)27)23-22-20-18-10-3-1-6-14(18)12-15-7-2-4-11-19(15)20/h1-11,13H,12H2,(H,23,25). The second-order valence-corrected chi connectivity index (χ2v) is 6.20. The van der Waals surface area contributed by atoms with Crippen LogP contribution in [0.25, 0.3) is 0 Å². The van der Waals surface area contributed by atoms with Gasteiger partial charge < -0.3 is 0 Å². The van der Waals surface area contributed by atoms with E-state index in [9.17, 15) is 14.9 Å². The Balaban J connectivity index is 1.69. The lowest BCUT2D eigenvalue weighted by Crippen LogP contribution is -2.23. The van der Waals surface area contributed by atoms with Crippen LogP contribution in [0.3, 0.4) is 0 Å². The van der Waals surface area contributed by atoms with E-state index in [1.165, 1.54) is 24.3 Å². The van der Waals surface area contributed by atoms with E-state index in [0.717, 1.165) is 28.7 Å². The molecule has 3 aromatic carbocycles. The number of hydrogen-bond donors (Lipinski definition) is 1. The highest BCUT2D eigenvalue weighted by Gasteiger charge is 2.21. The van der Waals surface area contributed by atoms with Crippen molar-refractivity contribution in [2.24, 2.45) is 5.10 Å². The first kappa shape index (κ1) is 16.7. The van der Waals surface area contributed by atoms with Gasteiger partial charge in [-0.05, 0) is 23.6 Å². The van der Waals surface area contributed by atoms with Crippen LogP contribution in [0.2, 0.25) is 0 Å². The molecule has 6 nitrogen and oxygen atoms in total. The van der Waals surface area contributed by atoms with Crippen molar-refractivity contribution in [3.63, 3.8) is 0 Å². The van der Waals surface area contributed by atoms with E-state index in [2.05, 4.69) is 10.5 Å². The minimum absolute atomic E-state index is 0.135. The Morgan fingerprint density at radius 3 is 2.19 bits per heavy atom. The summed E-state index contributed by atoms with van der Waals surface area (Å²) in [6, 6.07) is 21.4. The number of non-ortho nitro benzene ring substituents is 1. The van der Waals surface area contributed by atoms with Gasteiger partial charge in [0.1, 0.15) is 0 Å². The van der Waals surface area contributed by atoms with Gasteiger partial charge in [-0.25, -0.2) is 5.43 Å². The summed E-state index contributed by atoms with van der Waals surface area (Å²) in [6.45, 7) is 0. The fourth-order valence-corrected chi connectivity index (χ4v) is 3.21. The Hall–Kier alpha value is -3.80. The maximum atomic E-state index is 12.4. The summed E-state index contributed by atoms with van der Waals surface area (Å²) in [6.07, 6.45) is 0.810. The molecule has 3 aromatic rings. The molecule has 1 aliphatic carbocycles. The van der Waals surface area contributed by atoms with E-state index in [1.54, 1.807) is 0 Å². The summed E-state index contributed by atoms with van der Waals surface area (Å²) in [5, 5.41) is 15.3. The Morgan fingerprint density at radius 2 is 1.56 bits per heavy atom. The number of benzene rings is 3. The summed E-state index contributed by atoms with van der Waals surface area (Å²) < 4.78 is 0. The highest BCUT2D eigenvalue weighted by molar-refractivity contribution is 6.16. The average Bonchev–Trinajstić information content (AvgIpc) is 2.71. The van der Waals surface area contributed by atoms with Crippen molar-refractivity contribution in [2.45, 2.75) is 6.42 Å². The number of nitro benzene ring substituents is 1. The van der Waals surface area contributed by atoms with Gasteiger partial charge in [-0.1, -0.05) is 54.6 Å². The summed E-state index contributed by atoms with van der Waals surface area (Å²) in [4.78, 5) is 22.8. The van der Waals surface area contributed by atoms with Crippen molar-refractivity contribution < 1.29 is 9.72 Å². The first-order valence-electron chi connectivity index (χ1n) is 8.42. The van der Waals surface area contributed by atoms with Crippen LogP contribution in [0.15, 0.2) is 77.9 Å². The van der Waals surface area contributed by atoms with E-state index in [1.807, 2.05) is 48.5 Å². The van der Waals surface area contributed by atoms with Crippen LogP contribution < -0.4 is 5.43 Å². The van der Waals surface area contributed by atoms with Gasteiger partial charge in [-0.15, -0.1) is 0 Å². The molecule has 0 aliphatic heterocycles. The topological polar surface area (TPSA) is 84.6 Å². The second-order valence-electron chi connectivity index (χ2n) is 6.20. The molecule has 1 amide bonds. The molecule has 1 aliphatic rings. The molecule has 1 N–H and O–H groups in total. The van der Waals surface area contributed by atoms with E-state index < -0.39 is 10.8 Å². The largest absolute Gasteiger partial charge is 0.271 e. The minimum atomic E-state index is -0.531. The maximum absolute atomic E-state index is 12.4. The third kappa shape index (κ3) is 3.20. The second kappa shape index (κ2) is 6.84. The molecule has 0 fully saturated rings. The molecule has 27 heavy (non-hydrogen) atoms. The zero-order valence-corrected chi connectivity index (χ0v) is 14.3. The summed E-state index contributed by atoms with van der Waals surface area (Å²) in [7, 11) is 0. The van der Waals surface area contributed by atoms with Gasteiger partial charge in [-0.3, -0.25) is 14.9 Å². The predicted octanol–water partition coefficient (Wildman–Crippen LogP) is 3.68. The summed E-state index contributed by atoms with van der Waals surface area (Å²) in [5.74, 6) is -0.494. The van der Waals surface area contributed by atoms with Gasteiger partial charge in [0.25, 0.3) is 11.6 Å². The van der Waals surface area contributed by atoms with Crippen LogP contribution in [0.4, 0.5) is 5.69 Å². The first-order chi connectivity index (χ1) is 13.1. The number of nitro groups is 1. The van der Waals surface area contributed by atoms with Crippen LogP contribution in [0.1, 0.15) is 32.6 Å². The molecule has 0 radical (unpaired) electrons. The van der Waals surface area contributed by atoms with Gasteiger partial charge in [-0.2, -0.15) is 5.10 Å². The maximum Gasteiger partial charge on any atom is 0.271 e. The molecule has 0 unspecified atom stereocenters. The molecule has 0 heterocycles. The molecule has 0 atom stereocenters. The van der Waals surface area contributed by atoms with E-state index in [4.69, 9.17) is 0 Å². The van der Waals surface area contributed by atoms with Crippen LogP contribution in [-0.4, -0.2) is 16.5 Å². The zero-order chi connectivity index (χ0) is 18.8. The van der Waals surface area contributed by atoms with Gasteiger partial charge in [0.15, 0.2) is 0 Å². The number of carbonyl (C=O) groups is 1. The highest BCUT2D eigenvalue weighted by atomic mass is 16.6. The number of carbonyl (C=O) groups excluding carboxylic acids is 1. The fourth-order valence-electron chi connectivity index (χ4n) is 3.21. The molecule has 0 saturated heterocycles. The minimum Gasteiger partial charge on any atom is -0.267 e. The molecule has 0 bridgehead atoms. The van der Waals surface area contributed by atoms with Crippen LogP contribution in [-0.2, 0) is 6.42 Å². The number of nitrogens with zero attached hydrogens (tertiary/aromatic N) is 2. The molecule has 4 rings (SSSR count). The molecule has 132 valence electrons. The van der Waals surface area contributed by atoms with Crippen molar-refractivity contribution in [1.29, 1.82) is 0 Å². The molecular formula is C21H15N3O3. The average molecular weight is 357 g/mol. The number of rotatable bonds is 3. The lowest BCUT2D eigenvalue weighted by molar-refractivity contribution is -0.384. The van der Waals surface area contributed by atoms with Gasteiger partial charge >= 0.3 is 0 Å². The predicted molar refractivity (Wildman–Crippen MR) is 102 cm³/mol. The zero-order valence-electron chi connectivity index (χ0n) is 14.3. The number of fused-ring (bicyclic) bond motifs is 2.